The Labute approximate surface area is 473 Å². The van der Waals surface area contributed by atoms with Crippen molar-refractivity contribution in [2.24, 2.45) is 0 Å². The molecule has 0 aromatic heterocycles. The van der Waals surface area contributed by atoms with E-state index < -0.39 is 6.10 Å². The van der Waals surface area contributed by atoms with E-state index in [2.05, 4.69) is 69.4 Å². The molecule has 1 atom stereocenters. The predicted octanol–water partition coefficient (Wildman–Crippen LogP) is 22.9. The van der Waals surface area contributed by atoms with Crippen LogP contribution in [0.15, 0.2) is 48.6 Å². The molecule has 0 bridgehead atoms. The third-order valence-electron chi connectivity index (χ3n) is 15.1. The fraction of sp³-hybridized carbons (Fsp3) is 0.843. The number of unbranched alkanes of at least 4 members (excludes halogenated alkanes) is 43. The molecule has 0 aliphatic heterocycles. The van der Waals surface area contributed by atoms with E-state index in [-0.39, 0.29) is 31.1 Å². The fourth-order valence-electron chi connectivity index (χ4n) is 9.98. The molecule has 0 aliphatic carbocycles. The second-order valence-corrected chi connectivity index (χ2v) is 22.7. The van der Waals surface area contributed by atoms with Crippen LogP contribution in [0.25, 0.3) is 0 Å². The van der Waals surface area contributed by atoms with Gasteiger partial charge in [0.2, 0.25) is 0 Å². The highest BCUT2D eigenvalue weighted by atomic mass is 16.6. The molecular formula is C70H128O6. The first-order chi connectivity index (χ1) is 37.5. The van der Waals surface area contributed by atoms with Crippen LogP contribution >= 0.6 is 0 Å². The third kappa shape index (κ3) is 62.2. The van der Waals surface area contributed by atoms with Crippen molar-refractivity contribution in [3.63, 3.8) is 0 Å². The zero-order chi connectivity index (χ0) is 55.0. The molecule has 0 fully saturated rings. The van der Waals surface area contributed by atoms with Crippen molar-refractivity contribution in [2.75, 3.05) is 13.2 Å². The van der Waals surface area contributed by atoms with Gasteiger partial charge in [0, 0.05) is 19.3 Å². The molecule has 0 N–H and O–H groups in total. The second kappa shape index (κ2) is 64.9. The van der Waals surface area contributed by atoms with Gasteiger partial charge in [-0.05, 0) is 83.5 Å². The normalized spacial score (nSPS) is 12.3. The van der Waals surface area contributed by atoms with Gasteiger partial charge < -0.3 is 14.2 Å². The monoisotopic (exact) mass is 1060 g/mol. The van der Waals surface area contributed by atoms with Crippen LogP contribution in [0.1, 0.15) is 361 Å². The van der Waals surface area contributed by atoms with Crippen molar-refractivity contribution < 1.29 is 28.6 Å². The molecular weight excluding hydrogens is 937 g/mol. The lowest BCUT2D eigenvalue weighted by molar-refractivity contribution is -0.167. The standard InChI is InChI=1S/C70H128O6/c1-4-7-10-13-16-19-22-25-28-31-34-37-39-42-45-48-51-54-57-60-63-69(72)75-66-67(76-70(73)64-61-58-55-52-49-46-43-40-36-33-30-27-24-21-18-15-12-9-6-3)65-74-68(71)62-59-56-53-50-47-44-41-38-35-32-29-26-23-20-17-14-11-8-5-2/h17-18,20-21,26-27,29-30,67H,4-16,19,22-25,28,31-66H2,1-3H3/b20-17-,21-18-,29-26-,30-27-. The number of rotatable bonds is 62. The minimum atomic E-state index is -0.777. The molecule has 0 saturated carbocycles. The van der Waals surface area contributed by atoms with E-state index in [4.69, 9.17) is 14.2 Å². The summed E-state index contributed by atoms with van der Waals surface area (Å²) in [5.41, 5.74) is 0. The minimum absolute atomic E-state index is 0.0720. The van der Waals surface area contributed by atoms with Crippen LogP contribution in [0.3, 0.4) is 0 Å². The molecule has 0 saturated heterocycles. The minimum Gasteiger partial charge on any atom is -0.462 e. The topological polar surface area (TPSA) is 78.9 Å². The molecule has 6 heteroatoms. The van der Waals surface area contributed by atoms with Crippen molar-refractivity contribution in [1.29, 1.82) is 0 Å². The summed E-state index contributed by atoms with van der Waals surface area (Å²) >= 11 is 0. The number of carbonyl (C=O) groups excluding carboxylic acids is 3. The molecule has 0 heterocycles. The number of ether oxygens (including phenoxy) is 3. The first-order valence-electron chi connectivity index (χ1n) is 33.6. The Morgan fingerprint density at radius 2 is 0.474 bits per heavy atom. The maximum atomic E-state index is 12.9. The summed E-state index contributed by atoms with van der Waals surface area (Å²) in [5.74, 6) is -0.856. The summed E-state index contributed by atoms with van der Waals surface area (Å²) in [5, 5.41) is 0. The highest BCUT2D eigenvalue weighted by Crippen LogP contribution is 2.18. The highest BCUT2D eigenvalue weighted by molar-refractivity contribution is 5.71. The van der Waals surface area contributed by atoms with E-state index in [0.717, 1.165) is 70.6 Å². The average molecular weight is 1070 g/mol. The number of hydrogen-bond acceptors (Lipinski definition) is 6. The van der Waals surface area contributed by atoms with Gasteiger partial charge >= 0.3 is 17.9 Å². The molecule has 0 spiro atoms. The number of carbonyl (C=O) groups is 3. The summed E-state index contributed by atoms with van der Waals surface area (Å²) in [6.45, 7) is 6.65. The Bertz CT molecular complexity index is 1310. The van der Waals surface area contributed by atoms with E-state index in [1.54, 1.807) is 0 Å². The molecule has 76 heavy (non-hydrogen) atoms. The summed E-state index contributed by atoms with van der Waals surface area (Å²) in [4.78, 5) is 38.4. The van der Waals surface area contributed by atoms with Crippen molar-refractivity contribution in [3.8, 4) is 0 Å². The van der Waals surface area contributed by atoms with Crippen molar-refractivity contribution >= 4 is 17.9 Å². The summed E-state index contributed by atoms with van der Waals surface area (Å²) in [6, 6.07) is 0. The van der Waals surface area contributed by atoms with E-state index in [0.29, 0.717) is 19.3 Å². The predicted molar refractivity (Wildman–Crippen MR) is 330 cm³/mol. The van der Waals surface area contributed by atoms with Crippen molar-refractivity contribution in [1.82, 2.24) is 0 Å². The van der Waals surface area contributed by atoms with Gasteiger partial charge in [-0.1, -0.05) is 307 Å². The zero-order valence-corrected chi connectivity index (χ0v) is 51.0. The third-order valence-corrected chi connectivity index (χ3v) is 15.1. The summed E-state index contributed by atoms with van der Waals surface area (Å²) in [6.07, 6.45) is 81.1. The number of esters is 3. The lowest BCUT2D eigenvalue weighted by atomic mass is 10.0. The fourth-order valence-corrected chi connectivity index (χ4v) is 9.98. The highest BCUT2D eigenvalue weighted by Gasteiger charge is 2.19. The molecule has 6 nitrogen and oxygen atoms in total. The van der Waals surface area contributed by atoms with Crippen molar-refractivity contribution in [2.45, 2.75) is 367 Å². The quantitative estimate of drug-likeness (QED) is 0.0261. The molecule has 0 aliphatic rings. The van der Waals surface area contributed by atoms with E-state index in [1.165, 1.54) is 250 Å². The van der Waals surface area contributed by atoms with Crippen LogP contribution in [0.4, 0.5) is 0 Å². The number of allylic oxidation sites excluding steroid dienone is 8. The van der Waals surface area contributed by atoms with Gasteiger partial charge in [-0.3, -0.25) is 14.4 Å². The van der Waals surface area contributed by atoms with Crippen LogP contribution in [-0.4, -0.2) is 37.2 Å². The van der Waals surface area contributed by atoms with Crippen LogP contribution < -0.4 is 0 Å². The largest absolute Gasteiger partial charge is 0.462 e. The van der Waals surface area contributed by atoms with Crippen molar-refractivity contribution in [3.05, 3.63) is 48.6 Å². The Kier molecular flexibility index (Phi) is 62.6. The van der Waals surface area contributed by atoms with E-state index in [1.807, 2.05) is 0 Å². The van der Waals surface area contributed by atoms with E-state index in [9.17, 15) is 14.4 Å². The SMILES string of the molecule is CCCCC/C=C\C/C=C\CCCCCCCCCCCC(=O)OCC(COC(=O)CCCCCCCCCCCCCCCCCCCCCC)OC(=O)CCCCCCCCCCC/C=C\C/C=C\CCCCC. The van der Waals surface area contributed by atoms with Gasteiger partial charge in [-0.2, -0.15) is 0 Å². The first-order valence-corrected chi connectivity index (χ1v) is 33.6. The van der Waals surface area contributed by atoms with E-state index >= 15 is 0 Å². The lowest BCUT2D eigenvalue weighted by Gasteiger charge is -2.18. The Balaban J connectivity index is 4.34. The van der Waals surface area contributed by atoms with Crippen LogP contribution in [0.2, 0.25) is 0 Å². The molecule has 0 rings (SSSR count). The molecule has 0 radical (unpaired) electrons. The smallest absolute Gasteiger partial charge is 0.306 e. The maximum Gasteiger partial charge on any atom is 0.306 e. The van der Waals surface area contributed by atoms with Crippen LogP contribution in [-0.2, 0) is 28.6 Å². The molecule has 1 unspecified atom stereocenters. The molecule has 0 amide bonds. The lowest BCUT2D eigenvalue weighted by Crippen LogP contribution is -2.30. The van der Waals surface area contributed by atoms with Gasteiger partial charge in [-0.15, -0.1) is 0 Å². The second-order valence-electron chi connectivity index (χ2n) is 22.7. The summed E-state index contributed by atoms with van der Waals surface area (Å²) < 4.78 is 17.0. The first kappa shape index (κ1) is 73.4. The maximum absolute atomic E-state index is 12.9. The number of hydrogen-bond donors (Lipinski definition) is 0. The van der Waals surface area contributed by atoms with Gasteiger partial charge in [-0.25, -0.2) is 0 Å². The average Bonchev–Trinajstić information content (AvgIpc) is 3.42. The van der Waals surface area contributed by atoms with Gasteiger partial charge in [0.25, 0.3) is 0 Å². The van der Waals surface area contributed by atoms with Crippen LogP contribution in [0, 0.1) is 0 Å². The molecule has 0 aromatic rings. The zero-order valence-electron chi connectivity index (χ0n) is 51.0. The summed E-state index contributed by atoms with van der Waals surface area (Å²) in [7, 11) is 0. The van der Waals surface area contributed by atoms with Gasteiger partial charge in [0.05, 0.1) is 0 Å². The Morgan fingerprint density at radius 3 is 0.750 bits per heavy atom. The van der Waals surface area contributed by atoms with Gasteiger partial charge in [0.15, 0.2) is 6.10 Å². The Hall–Kier alpha value is -2.63. The Morgan fingerprint density at radius 1 is 0.263 bits per heavy atom. The van der Waals surface area contributed by atoms with Gasteiger partial charge in [0.1, 0.15) is 13.2 Å². The molecule has 0 aromatic carbocycles. The molecule has 444 valence electrons. The van der Waals surface area contributed by atoms with Crippen LogP contribution in [0.5, 0.6) is 0 Å².